The van der Waals surface area contributed by atoms with E-state index in [-0.39, 0.29) is 0 Å². The predicted molar refractivity (Wildman–Crippen MR) is 80.7 cm³/mol. The van der Waals surface area contributed by atoms with Gasteiger partial charge in [-0.05, 0) is 37.0 Å². The quantitative estimate of drug-likeness (QED) is 0.629. The largest absolute Gasteiger partial charge is 0.492 e. The molecule has 0 saturated carbocycles. The molecule has 2 rings (SSSR count). The number of hydrogen-bond donors (Lipinski definition) is 1. The van der Waals surface area contributed by atoms with Crippen molar-refractivity contribution < 1.29 is 4.74 Å². The highest BCUT2D eigenvalue weighted by molar-refractivity contribution is 6.32. The summed E-state index contributed by atoms with van der Waals surface area (Å²) in [5.74, 6) is 0.668. The van der Waals surface area contributed by atoms with Gasteiger partial charge in [0.25, 0.3) is 0 Å². The van der Waals surface area contributed by atoms with E-state index < -0.39 is 0 Å². The Balaban J connectivity index is 1.71. The molecule has 0 heterocycles. The molecule has 0 saturated heterocycles. The first-order valence-corrected chi connectivity index (χ1v) is 6.85. The minimum absolute atomic E-state index is 0.609. The van der Waals surface area contributed by atoms with Gasteiger partial charge in [0.2, 0.25) is 0 Å². The molecule has 2 aromatic rings. The second kappa shape index (κ2) is 7.05. The zero-order chi connectivity index (χ0) is 13.5. The van der Waals surface area contributed by atoms with E-state index in [1.54, 1.807) is 18.2 Å². The van der Waals surface area contributed by atoms with Crippen LogP contribution in [0.4, 0.5) is 5.69 Å². The van der Waals surface area contributed by atoms with Crippen LogP contribution >= 0.6 is 11.6 Å². The van der Waals surface area contributed by atoms with E-state index in [0.717, 1.165) is 19.3 Å². The third-order valence-corrected chi connectivity index (χ3v) is 3.23. The minimum atomic E-state index is 0.609. The number of hydrogen-bond acceptors (Lipinski definition) is 2. The fourth-order valence-electron chi connectivity index (χ4n) is 1.89. The van der Waals surface area contributed by atoms with Crippen molar-refractivity contribution in [3.05, 3.63) is 59.1 Å². The van der Waals surface area contributed by atoms with Crippen LogP contribution in [0.2, 0.25) is 5.02 Å². The summed E-state index contributed by atoms with van der Waals surface area (Å²) < 4.78 is 5.64. The average Bonchev–Trinajstić information content (AvgIpc) is 2.43. The third-order valence-electron chi connectivity index (χ3n) is 2.92. The first kappa shape index (κ1) is 13.8. The molecule has 3 heteroatoms. The number of anilines is 1. The molecule has 0 atom stereocenters. The standard InChI is InChI=1S/C16H18ClNO/c17-15-10-9-14(18)12-16(15)19-11-5-4-8-13-6-2-1-3-7-13/h1-3,6-7,9-10,12H,4-5,8,11,18H2. The number of aryl methyl sites for hydroxylation is 1. The number of unbranched alkanes of at least 4 members (excludes halogenated alkanes) is 1. The van der Waals surface area contributed by atoms with E-state index in [0.29, 0.717) is 23.1 Å². The smallest absolute Gasteiger partial charge is 0.139 e. The van der Waals surface area contributed by atoms with Gasteiger partial charge in [0.05, 0.1) is 11.6 Å². The number of nitrogen functional groups attached to an aromatic ring is 1. The number of rotatable bonds is 6. The number of ether oxygens (including phenoxy) is 1. The summed E-state index contributed by atoms with van der Waals surface area (Å²) in [5, 5.41) is 0.609. The van der Waals surface area contributed by atoms with Gasteiger partial charge in [0.1, 0.15) is 5.75 Å². The molecule has 2 N–H and O–H groups in total. The molecule has 0 aliphatic carbocycles. The van der Waals surface area contributed by atoms with Crippen LogP contribution in [-0.2, 0) is 6.42 Å². The minimum Gasteiger partial charge on any atom is -0.492 e. The fourth-order valence-corrected chi connectivity index (χ4v) is 2.06. The summed E-state index contributed by atoms with van der Waals surface area (Å²) in [5.41, 5.74) is 7.73. The molecule has 0 fully saturated rings. The van der Waals surface area contributed by atoms with Crippen LogP contribution in [0, 0.1) is 0 Å². The highest BCUT2D eigenvalue weighted by atomic mass is 35.5. The molecule has 19 heavy (non-hydrogen) atoms. The molecule has 100 valence electrons. The van der Waals surface area contributed by atoms with E-state index in [4.69, 9.17) is 22.1 Å². The Bertz CT molecular complexity index is 513. The van der Waals surface area contributed by atoms with Gasteiger partial charge in [0.15, 0.2) is 0 Å². The molecular weight excluding hydrogens is 258 g/mol. The van der Waals surface area contributed by atoms with E-state index in [1.807, 2.05) is 6.07 Å². The lowest BCUT2D eigenvalue weighted by Gasteiger charge is -2.08. The topological polar surface area (TPSA) is 35.2 Å². The predicted octanol–water partition coefficient (Wildman–Crippen LogP) is 4.32. The van der Waals surface area contributed by atoms with Crippen molar-refractivity contribution in [2.45, 2.75) is 19.3 Å². The summed E-state index contributed by atoms with van der Waals surface area (Å²) >= 11 is 6.02. The molecule has 0 radical (unpaired) electrons. The third kappa shape index (κ3) is 4.49. The molecule has 2 aromatic carbocycles. The SMILES string of the molecule is Nc1ccc(Cl)c(OCCCCc2ccccc2)c1. The van der Waals surface area contributed by atoms with Crippen LogP contribution < -0.4 is 10.5 Å². The van der Waals surface area contributed by atoms with Crippen LogP contribution in [0.3, 0.4) is 0 Å². The van der Waals surface area contributed by atoms with Crippen molar-refractivity contribution in [2.24, 2.45) is 0 Å². The van der Waals surface area contributed by atoms with E-state index >= 15 is 0 Å². The van der Waals surface area contributed by atoms with Crippen LogP contribution in [0.5, 0.6) is 5.75 Å². The summed E-state index contributed by atoms with van der Waals surface area (Å²) in [7, 11) is 0. The van der Waals surface area contributed by atoms with Gasteiger partial charge in [-0.3, -0.25) is 0 Å². The molecule has 0 spiro atoms. The van der Waals surface area contributed by atoms with Gasteiger partial charge in [-0.25, -0.2) is 0 Å². The molecule has 0 amide bonds. The molecule has 0 unspecified atom stereocenters. The lowest BCUT2D eigenvalue weighted by molar-refractivity contribution is 0.307. The highest BCUT2D eigenvalue weighted by Gasteiger charge is 2.01. The van der Waals surface area contributed by atoms with Crippen molar-refractivity contribution in [3.8, 4) is 5.75 Å². The summed E-state index contributed by atoms with van der Waals surface area (Å²) in [6, 6.07) is 15.8. The Morgan fingerprint density at radius 1 is 1.00 bits per heavy atom. The summed E-state index contributed by atoms with van der Waals surface area (Å²) in [6.45, 7) is 0.663. The van der Waals surface area contributed by atoms with Crippen LogP contribution in [0.25, 0.3) is 0 Å². The maximum Gasteiger partial charge on any atom is 0.139 e. The Labute approximate surface area is 119 Å². The molecule has 0 aromatic heterocycles. The summed E-state index contributed by atoms with van der Waals surface area (Å²) in [6.07, 6.45) is 3.18. The van der Waals surface area contributed by atoms with Gasteiger partial charge in [-0.15, -0.1) is 0 Å². The Hall–Kier alpha value is -1.67. The Kier molecular flexibility index (Phi) is 5.10. The van der Waals surface area contributed by atoms with Crippen molar-refractivity contribution in [3.63, 3.8) is 0 Å². The monoisotopic (exact) mass is 275 g/mol. The van der Waals surface area contributed by atoms with Crippen LogP contribution in [0.1, 0.15) is 18.4 Å². The molecular formula is C16H18ClNO. The van der Waals surface area contributed by atoms with E-state index in [1.165, 1.54) is 5.56 Å². The average molecular weight is 276 g/mol. The van der Waals surface area contributed by atoms with Crippen molar-refractivity contribution in [1.29, 1.82) is 0 Å². The normalized spacial score (nSPS) is 10.4. The molecule has 2 nitrogen and oxygen atoms in total. The number of nitrogens with two attached hydrogens (primary N) is 1. The first-order chi connectivity index (χ1) is 9.25. The second-order valence-electron chi connectivity index (χ2n) is 4.48. The molecule has 0 aliphatic heterocycles. The van der Waals surface area contributed by atoms with E-state index in [9.17, 15) is 0 Å². The van der Waals surface area contributed by atoms with Gasteiger partial charge in [0, 0.05) is 11.8 Å². The molecule has 0 aliphatic rings. The van der Waals surface area contributed by atoms with Gasteiger partial charge in [-0.1, -0.05) is 41.9 Å². The van der Waals surface area contributed by atoms with E-state index in [2.05, 4.69) is 24.3 Å². The highest BCUT2D eigenvalue weighted by Crippen LogP contribution is 2.26. The Morgan fingerprint density at radius 3 is 2.58 bits per heavy atom. The van der Waals surface area contributed by atoms with Crippen LogP contribution in [-0.4, -0.2) is 6.61 Å². The number of benzene rings is 2. The van der Waals surface area contributed by atoms with Crippen LogP contribution in [0.15, 0.2) is 48.5 Å². The van der Waals surface area contributed by atoms with Crippen molar-refractivity contribution in [2.75, 3.05) is 12.3 Å². The maximum atomic E-state index is 6.02. The van der Waals surface area contributed by atoms with Gasteiger partial charge in [-0.2, -0.15) is 0 Å². The second-order valence-corrected chi connectivity index (χ2v) is 4.89. The number of halogens is 1. The Morgan fingerprint density at radius 2 is 1.79 bits per heavy atom. The zero-order valence-electron chi connectivity index (χ0n) is 10.8. The van der Waals surface area contributed by atoms with Crippen molar-refractivity contribution >= 4 is 17.3 Å². The first-order valence-electron chi connectivity index (χ1n) is 6.47. The fraction of sp³-hybridized carbons (Fsp3) is 0.250. The summed E-state index contributed by atoms with van der Waals surface area (Å²) in [4.78, 5) is 0. The lowest BCUT2D eigenvalue weighted by atomic mass is 10.1. The maximum absolute atomic E-state index is 6.02. The lowest BCUT2D eigenvalue weighted by Crippen LogP contribution is -1.99. The van der Waals surface area contributed by atoms with Crippen molar-refractivity contribution in [1.82, 2.24) is 0 Å². The van der Waals surface area contributed by atoms with Gasteiger partial charge >= 0.3 is 0 Å². The van der Waals surface area contributed by atoms with Gasteiger partial charge < -0.3 is 10.5 Å². The molecule has 0 bridgehead atoms. The zero-order valence-corrected chi connectivity index (χ0v) is 11.6.